The fourth-order valence-electron chi connectivity index (χ4n) is 13.4. The van der Waals surface area contributed by atoms with Crippen LogP contribution in [0.3, 0.4) is 0 Å². The second-order valence-corrected chi connectivity index (χ2v) is 24.0. The van der Waals surface area contributed by atoms with Gasteiger partial charge in [0.2, 0.25) is 0 Å². The minimum atomic E-state index is -2.67. The Morgan fingerprint density at radius 2 is 0.816 bits per heavy atom. The van der Waals surface area contributed by atoms with Crippen molar-refractivity contribution in [3.63, 3.8) is 0 Å². The van der Waals surface area contributed by atoms with Crippen LogP contribution in [0.25, 0.3) is 60.9 Å². The van der Waals surface area contributed by atoms with Crippen molar-refractivity contribution in [2.45, 2.75) is 5.41 Å². The van der Waals surface area contributed by atoms with Gasteiger partial charge in [0.05, 0.1) is 16.4 Å². The first kappa shape index (κ1) is 44.0. The van der Waals surface area contributed by atoms with E-state index in [1.165, 1.54) is 98.2 Å². The van der Waals surface area contributed by atoms with E-state index in [1.54, 1.807) is 0 Å². The first-order valence-corrected chi connectivity index (χ1v) is 28.4. The largest absolute Gasteiger partial charge is 0.310 e. The molecule has 1 aliphatic carbocycles. The molecule has 13 aromatic rings. The third-order valence-corrected chi connectivity index (χ3v) is 21.4. The number of aromatic nitrogens is 1. The molecule has 0 unspecified atom stereocenters. The van der Waals surface area contributed by atoms with Gasteiger partial charge in [-0.15, -0.1) is 0 Å². The van der Waals surface area contributed by atoms with E-state index in [2.05, 4.69) is 313 Å². The molecule has 2 heterocycles. The van der Waals surface area contributed by atoms with Crippen LogP contribution in [0.1, 0.15) is 22.3 Å². The fraction of sp³-hybridized carbons (Fsp3) is 0.0137. The molecular formula is C73H50N2Si. The molecule has 0 amide bonds. The molecule has 12 aromatic carbocycles. The number of nitrogens with zero attached hydrogens (tertiary/aromatic N) is 2. The molecule has 15 rings (SSSR count). The van der Waals surface area contributed by atoms with Gasteiger partial charge in [0.25, 0.3) is 0 Å². The molecule has 0 saturated carbocycles. The Hall–Kier alpha value is -9.54. The average molecular weight is 983 g/mol. The van der Waals surface area contributed by atoms with Crippen LogP contribution < -0.4 is 25.6 Å². The van der Waals surface area contributed by atoms with Crippen LogP contribution in [0.5, 0.6) is 0 Å². The van der Waals surface area contributed by atoms with Crippen molar-refractivity contribution in [1.82, 2.24) is 4.57 Å². The summed E-state index contributed by atoms with van der Waals surface area (Å²) in [7, 11) is -2.67. The normalized spacial score (nSPS) is 13.5. The van der Waals surface area contributed by atoms with Crippen molar-refractivity contribution in [2.75, 3.05) is 4.90 Å². The van der Waals surface area contributed by atoms with Crippen molar-refractivity contribution >= 4 is 67.7 Å². The van der Waals surface area contributed by atoms with Crippen LogP contribution in [0.15, 0.2) is 303 Å². The third kappa shape index (κ3) is 6.46. The van der Waals surface area contributed by atoms with E-state index in [9.17, 15) is 0 Å². The van der Waals surface area contributed by atoms with E-state index in [1.807, 2.05) is 0 Å². The molecule has 2 nitrogen and oxygen atoms in total. The summed E-state index contributed by atoms with van der Waals surface area (Å²) in [6.45, 7) is 0. The quantitative estimate of drug-likeness (QED) is 0.131. The van der Waals surface area contributed by atoms with E-state index in [-0.39, 0.29) is 0 Å². The summed E-state index contributed by atoms with van der Waals surface area (Å²) >= 11 is 0. The van der Waals surface area contributed by atoms with Crippen LogP contribution in [0.2, 0.25) is 0 Å². The minimum Gasteiger partial charge on any atom is -0.310 e. The number of rotatable bonds is 9. The van der Waals surface area contributed by atoms with Crippen LogP contribution in [-0.2, 0) is 5.41 Å². The van der Waals surface area contributed by atoms with E-state index in [4.69, 9.17) is 0 Å². The summed E-state index contributed by atoms with van der Waals surface area (Å²) < 4.78 is 2.40. The molecular weight excluding hydrogens is 933 g/mol. The summed E-state index contributed by atoms with van der Waals surface area (Å²) in [5, 5.41) is 8.13. The zero-order chi connectivity index (χ0) is 50.2. The molecule has 0 spiro atoms. The summed E-state index contributed by atoms with van der Waals surface area (Å²) in [6.07, 6.45) is 0. The molecule has 1 aliphatic heterocycles. The SMILES string of the molecule is c1ccc(-n2c3ccccc3c3cc(N(c4ccc(-c5cccc([Si]6(c7ccccc7)c7ccccc7-c7ccccc76)c5)cc4)c4ccc5c(c4)C(c4ccccc4)(c4ccccc4)c4ccccc4-5)ccc32)cc1. The molecule has 0 bridgehead atoms. The molecule has 0 fully saturated rings. The number of anilines is 3. The van der Waals surface area contributed by atoms with Crippen LogP contribution >= 0.6 is 0 Å². The fourth-order valence-corrected chi connectivity index (χ4v) is 18.6. The first-order chi connectivity index (χ1) is 37.7. The summed E-state index contributed by atoms with van der Waals surface area (Å²) in [6, 6.07) is 113. The van der Waals surface area contributed by atoms with Crippen molar-refractivity contribution in [2.24, 2.45) is 0 Å². The zero-order valence-corrected chi connectivity index (χ0v) is 42.8. The highest BCUT2D eigenvalue weighted by molar-refractivity contribution is 7.22. The van der Waals surface area contributed by atoms with Crippen molar-refractivity contribution in [3.05, 3.63) is 326 Å². The number of benzene rings is 12. The van der Waals surface area contributed by atoms with Crippen LogP contribution in [-0.4, -0.2) is 12.6 Å². The van der Waals surface area contributed by atoms with Gasteiger partial charge in [0.1, 0.15) is 0 Å². The molecule has 0 N–H and O–H groups in total. The number of hydrogen-bond acceptors (Lipinski definition) is 1. The van der Waals surface area contributed by atoms with Gasteiger partial charge in [-0.1, -0.05) is 243 Å². The lowest BCUT2D eigenvalue weighted by Crippen LogP contribution is -2.72. The van der Waals surface area contributed by atoms with Gasteiger partial charge in [-0.2, -0.15) is 0 Å². The van der Waals surface area contributed by atoms with Gasteiger partial charge in [0.15, 0.2) is 8.07 Å². The highest BCUT2D eigenvalue weighted by Crippen LogP contribution is 2.57. The first-order valence-electron chi connectivity index (χ1n) is 26.4. The highest BCUT2D eigenvalue weighted by atomic mass is 28.3. The Balaban J connectivity index is 0.925. The predicted octanol–water partition coefficient (Wildman–Crippen LogP) is 15.6. The van der Waals surface area contributed by atoms with Crippen molar-refractivity contribution in [1.29, 1.82) is 0 Å². The maximum Gasteiger partial charge on any atom is 0.180 e. The van der Waals surface area contributed by atoms with E-state index in [0.717, 1.165) is 22.7 Å². The molecule has 356 valence electrons. The second-order valence-electron chi connectivity index (χ2n) is 20.3. The van der Waals surface area contributed by atoms with Gasteiger partial charge in [-0.3, -0.25) is 0 Å². The average Bonchev–Trinajstić information content (AvgIpc) is 4.30. The minimum absolute atomic E-state index is 0.543. The topological polar surface area (TPSA) is 8.17 Å². The van der Waals surface area contributed by atoms with E-state index >= 15 is 0 Å². The Kier molecular flexibility index (Phi) is 10.2. The van der Waals surface area contributed by atoms with Gasteiger partial charge >= 0.3 is 0 Å². The Bertz CT molecular complexity index is 4250. The molecule has 0 saturated heterocycles. The maximum atomic E-state index is 2.49. The Labute approximate surface area is 444 Å². The Morgan fingerprint density at radius 1 is 0.303 bits per heavy atom. The summed E-state index contributed by atoms with van der Waals surface area (Å²) in [5.74, 6) is 0. The van der Waals surface area contributed by atoms with Gasteiger partial charge in [0, 0.05) is 33.5 Å². The molecule has 1 aromatic heterocycles. The Morgan fingerprint density at radius 3 is 1.51 bits per heavy atom. The monoisotopic (exact) mass is 982 g/mol. The number of para-hydroxylation sites is 2. The summed E-state index contributed by atoms with van der Waals surface area (Å²) in [4.78, 5) is 2.47. The van der Waals surface area contributed by atoms with Crippen LogP contribution in [0, 0.1) is 0 Å². The maximum absolute atomic E-state index is 2.67. The lowest BCUT2D eigenvalue weighted by molar-refractivity contribution is 0.768. The van der Waals surface area contributed by atoms with Crippen LogP contribution in [0.4, 0.5) is 17.1 Å². The molecule has 0 radical (unpaired) electrons. The van der Waals surface area contributed by atoms with E-state index < -0.39 is 13.5 Å². The summed E-state index contributed by atoms with van der Waals surface area (Å²) in [5.41, 5.74) is 18.9. The van der Waals surface area contributed by atoms with Crippen molar-refractivity contribution in [3.8, 4) is 39.1 Å². The third-order valence-electron chi connectivity index (χ3n) is 16.5. The smallest absolute Gasteiger partial charge is 0.180 e. The van der Waals surface area contributed by atoms with Gasteiger partial charge in [-0.25, -0.2) is 0 Å². The van der Waals surface area contributed by atoms with Gasteiger partial charge in [-0.05, 0) is 137 Å². The highest BCUT2D eigenvalue weighted by Gasteiger charge is 2.49. The number of fused-ring (bicyclic) bond motifs is 9. The number of hydrogen-bond donors (Lipinski definition) is 0. The standard InChI is InChI=1S/C73H50N2Si/c1-5-23-53(24-6-1)73(54-25-7-2-8-26-54)67-36-17-13-32-61(67)62-46-44-58(50-68(62)73)74(57-45-47-70-66(49-57)63-33-14-18-37-69(63)75(70)55-27-9-3-10-28-55)56-42-40-51(41-43-56)52-22-21-31-60(48-52)76(59-29-11-4-12-30-59)71-38-19-15-34-64(71)65-35-16-20-39-72(65)76/h1-50H. The second kappa shape index (κ2) is 17.6. The van der Waals surface area contributed by atoms with Gasteiger partial charge < -0.3 is 9.47 Å². The molecule has 2 aliphatic rings. The molecule has 0 atom stereocenters. The molecule has 76 heavy (non-hydrogen) atoms. The van der Waals surface area contributed by atoms with E-state index in [0.29, 0.717) is 0 Å². The van der Waals surface area contributed by atoms with Crippen molar-refractivity contribution < 1.29 is 0 Å². The lowest BCUT2D eigenvalue weighted by atomic mass is 9.67. The zero-order valence-electron chi connectivity index (χ0n) is 41.8. The lowest BCUT2D eigenvalue weighted by Gasteiger charge is -2.35. The molecule has 3 heteroatoms. The predicted molar refractivity (Wildman–Crippen MR) is 321 cm³/mol.